The first-order valence-electron chi connectivity index (χ1n) is 20.6. The third-order valence-electron chi connectivity index (χ3n) is 14.8. The van der Waals surface area contributed by atoms with Gasteiger partial charge in [0.05, 0.1) is 11.3 Å². The summed E-state index contributed by atoms with van der Waals surface area (Å²) in [6.07, 6.45) is 8.88. The fourth-order valence-corrected chi connectivity index (χ4v) is 12.1. The molecule has 7 atom stereocenters. The molecule has 55 heavy (non-hydrogen) atoms. The van der Waals surface area contributed by atoms with Crippen LogP contribution in [0.3, 0.4) is 0 Å². The topological polar surface area (TPSA) is 174 Å². The van der Waals surface area contributed by atoms with Crippen LogP contribution in [0.25, 0.3) is 0 Å². The molecule has 0 unspecified atom stereocenters. The van der Waals surface area contributed by atoms with E-state index in [1.54, 1.807) is 11.0 Å². The number of likely N-dealkylation sites (N-methyl/N-ethyl adjacent to an activating group) is 1. The van der Waals surface area contributed by atoms with Crippen molar-refractivity contribution in [3.05, 3.63) is 12.7 Å². The fraction of sp³-hybridized carbons (Fsp3) is 0.829. The van der Waals surface area contributed by atoms with E-state index in [1.807, 2.05) is 48.5 Å². The Morgan fingerprint density at radius 2 is 1.47 bits per heavy atom. The molecule has 4 aliphatic carbocycles. The number of hydrogen-bond donors (Lipinski definition) is 4. The highest BCUT2D eigenvalue weighted by molar-refractivity contribution is 7.91. The molecule has 2 spiro atoms. The van der Waals surface area contributed by atoms with Gasteiger partial charge in [-0.1, -0.05) is 81.2 Å². The second kappa shape index (κ2) is 13.8. The van der Waals surface area contributed by atoms with Crippen molar-refractivity contribution in [2.24, 2.45) is 33.0 Å². The Kier molecular flexibility index (Phi) is 10.5. The molecule has 4 N–H and O–H groups in total. The molecule has 2 heterocycles. The minimum absolute atomic E-state index is 0.0161. The van der Waals surface area contributed by atoms with Crippen LogP contribution >= 0.6 is 0 Å². The van der Waals surface area contributed by atoms with Gasteiger partial charge in [0.15, 0.2) is 0 Å². The number of fused-ring (bicyclic) bond motifs is 1. The fourth-order valence-electron chi connectivity index (χ4n) is 10.7. The summed E-state index contributed by atoms with van der Waals surface area (Å²) in [5, 5.41) is 8.42. The van der Waals surface area contributed by atoms with E-state index in [-0.39, 0.29) is 34.6 Å². The van der Waals surface area contributed by atoms with Gasteiger partial charge in [0.1, 0.15) is 23.7 Å². The molecule has 5 amide bonds. The zero-order valence-electron chi connectivity index (χ0n) is 34.6. The predicted octanol–water partition coefficient (Wildman–Crippen LogP) is 3.39. The summed E-state index contributed by atoms with van der Waals surface area (Å²) in [6, 6.07) is -3.26. The van der Waals surface area contributed by atoms with Gasteiger partial charge in [0.2, 0.25) is 33.7 Å². The van der Waals surface area contributed by atoms with E-state index in [1.165, 1.54) is 0 Å². The van der Waals surface area contributed by atoms with Gasteiger partial charge in [-0.15, -0.1) is 6.58 Å². The van der Waals surface area contributed by atoms with E-state index in [2.05, 4.69) is 46.0 Å². The Labute approximate surface area is 328 Å². The lowest BCUT2D eigenvalue weighted by Crippen LogP contribution is -2.64. The maximum atomic E-state index is 15.1. The normalized spacial score (nSPS) is 32.2. The van der Waals surface area contributed by atoms with Crippen LogP contribution in [0.15, 0.2) is 12.7 Å². The van der Waals surface area contributed by atoms with Gasteiger partial charge in [-0.25, -0.2) is 8.42 Å². The Bertz CT molecular complexity index is 1720. The number of carbonyl (C=O) groups is 5. The van der Waals surface area contributed by atoms with Gasteiger partial charge >= 0.3 is 0 Å². The van der Waals surface area contributed by atoms with Gasteiger partial charge in [-0.2, -0.15) is 0 Å². The lowest BCUT2D eigenvalue weighted by molar-refractivity contribution is -0.145. The summed E-state index contributed by atoms with van der Waals surface area (Å²) in [6.45, 7) is 23.4. The quantitative estimate of drug-likeness (QED) is 0.218. The van der Waals surface area contributed by atoms with Gasteiger partial charge in [-0.05, 0) is 86.1 Å². The first-order valence-corrected chi connectivity index (χ1v) is 22.1. The van der Waals surface area contributed by atoms with Crippen molar-refractivity contribution in [1.29, 1.82) is 0 Å². The second-order valence-electron chi connectivity index (χ2n) is 20.3. The summed E-state index contributed by atoms with van der Waals surface area (Å²) < 4.78 is 27.8. The van der Waals surface area contributed by atoms with E-state index in [0.717, 1.165) is 45.2 Å². The van der Waals surface area contributed by atoms with E-state index < -0.39 is 79.3 Å². The largest absolute Gasteiger partial charge is 0.342 e. The Morgan fingerprint density at radius 1 is 0.836 bits per heavy atom. The molecule has 4 saturated carbocycles. The van der Waals surface area contributed by atoms with E-state index in [9.17, 15) is 27.6 Å². The molecule has 0 aromatic heterocycles. The predicted molar refractivity (Wildman–Crippen MR) is 210 cm³/mol. The van der Waals surface area contributed by atoms with Crippen molar-refractivity contribution in [2.45, 2.75) is 161 Å². The average Bonchev–Trinajstić information content (AvgIpc) is 4.02. The van der Waals surface area contributed by atoms with Gasteiger partial charge in [0.25, 0.3) is 5.91 Å². The first-order chi connectivity index (χ1) is 25.4. The molecule has 0 radical (unpaired) electrons. The number of piperidine rings is 1. The summed E-state index contributed by atoms with van der Waals surface area (Å²) in [5.41, 5.74) is -3.44. The minimum atomic E-state index is -3.87. The average molecular weight is 787 g/mol. The van der Waals surface area contributed by atoms with Gasteiger partial charge < -0.3 is 20.9 Å². The molecule has 2 aliphatic heterocycles. The minimum Gasteiger partial charge on any atom is -0.342 e. The SMILES string of the molecule is C=C[C@@H]1C[C@]1(NC(=O)[C@@H]1C[C@@]2(CN1C(=O)[C@@H](NC(=O)[C@@H](NC(=O)[C@@H]1CCCCN1CC)C(C)(C)C)C(C)(C)C)C(C)(C)C21CCC1)C(=O)NS(=O)(=O)C1CC1. The van der Waals surface area contributed by atoms with Gasteiger partial charge in [0, 0.05) is 17.9 Å². The maximum absolute atomic E-state index is 15.1. The van der Waals surface area contributed by atoms with Crippen LogP contribution in [0.1, 0.15) is 127 Å². The summed E-state index contributed by atoms with van der Waals surface area (Å²) in [4.78, 5) is 75.1. The number of sulfonamides is 1. The molecular formula is C41H66N6O7S. The number of amides is 5. The van der Waals surface area contributed by atoms with Crippen LogP contribution in [-0.2, 0) is 34.0 Å². The molecule has 0 aromatic carbocycles. The van der Waals surface area contributed by atoms with Crippen molar-refractivity contribution in [2.75, 3.05) is 19.6 Å². The summed E-state index contributed by atoms with van der Waals surface area (Å²) in [7, 11) is -3.87. The van der Waals surface area contributed by atoms with Crippen molar-refractivity contribution in [1.82, 2.24) is 30.5 Å². The van der Waals surface area contributed by atoms with Crippen LogP contribution in [0.4, 0.5) is 0 Å². The van der Waals surface area contributed by atoms with Crippen LogP contribution in [0.5, 0.6) is 0 Å². The highest BCUT2D eigenvalue weighted by Crippen LogP contribution is 2.88. The van der Waals surface area contributed by atoms with E-state index in [4.69, 9.17) is 0 Å². The molecule has 2 saturated heterocycles. The third-order valence-corrected chi connectivity index (χ3v) is 16.6. The zero-order valence-corrected chi connectivity index (χ0v) is 35.4. The molecule has 6 fully saturated rings. The molecule has 0 aromatic rings. The highest BCUT2D eigenvalue weighted by atomic mass is 32.2. The number of nitrogens with one attached hydrogen (secondary N) is 4. The van der Waals surface area contributed by atoms with E-state index >= 15 is 4.79 Å². The third kappa shape index (κ3) is 6.92. The Hall–Kier alpha value is -3.00. The van der Waals surface area contributed by atoms with Gasteiger partial charge in [-0.3, -0.25) is 33.6 Å². The number of carbonyl (C=O) groups excluding carboxylic acids is 5. The highest BCUT2D eigenvalue weighted by Gasteiger charge is 2.85. The number of hydrogen-bond acceptors (Lipinski definition) is 8. The zero-order chi connectivity index (χ0) is 40.7. The molecule has 0 bridgehead atoms. The Balaban J connectivity index is 1.27. The number of nitrogens with zero attached hydrogens (tertiary/aromatic N) is 2. The summed E-state index contributed by atoms with van der Waals surface area (Å²) in [5.74, 6) is -2.83. The van der Waals surface area contributed by atoms with Crippen LogP contribution in [0.2, 0.25) is 0 Å². The molecule has 6 aliphatic rings. The van der Waals surface area contributed by atoms with E-state index in [0.29, 0.717) is 32.2 Å². The number of likely N-dealkylation sites (tertiary alicyclic amines) is 2. The number of rotatable bonds is 12. The first kappa shape index (κ1) is 41.6. The maximum Gasteiger partial charge on any atom is 0.259 e. The van der Waals surface area contributed by atoms with Crippen molar-refractivity contribution >= 4 is 39.6 Å². The Morgan fingerprint density at radius 3 is 1.96 bits per heavy atom. The van der Waals surface area contributed by atoms with Crippen LogP contribution < -0.4 is 20.7 Å². The molecule has 6 rings (SSSR count). The molecule has 14 heteroatoms. The summed E-state index contributed by atoms with van der Waals surface area (Å²) >= 11 is 0. The standard InChI is InChI=1S/C41H66N6O7S/c1-11-25-22-41(25,35(52)45-55(53,54)26-17-18-26)44-32(49)28-23-40(38(9,10)39(40)19-15-20-39)24-47(28)34(51)30(37(6,7)8)43-33(50)29(36(3,4)5)42-31(48)27-16-13-14-21-46(27)12-2/h11,25-30H,1,12-24H2,2-10H3,(H,42,48)(H,43,50)(H,44,49)(H,45,52)/t25-,27+,28+,29-,30-,40-,41-/m1/s1. The second-order valence-corrected chi connectivity index (χ2v) is 22.2. The van der Waals surface area contributed by atoms with Crippen molar-refractivity contribution < 1.29 is 32.4 Å². The molecular weight excluding hydrogens is 721 g/mol. The monoisotopic (exact) mass is 786 g/mol. The van der Waals surface area contributed by atoms with Crippen molar-refractivity contribution in [3.8, 4) is 0 Å². The lowest BCUT2D eigenvalue weighted by atomic mass is 9.73. The lowest BCUT2D eigenvalue weighted by Gasteiger charge is -2.39. The molecule has 308 valence electrons. The van der Waals surface area contributed by atoms with Crippen LogP contribution in [-0.4, -0.2) is 102 Å². The smallest absolute Gasteiger partial charge is 0.259 e. The van der Waals surface area contributed by atoms with Crippen LogP contribution in [0, 0.1) is 33.0 Å². The van der Waals surface area contributed by atoms with Crippen molar-refractivity contribution in [3.63, 3.8) is 0 Å². The molecule has 13 nitrogen and oxygen atoms in total.